The monoisotopic (exact) mass is 756 g/mol. The van der Waals surface area contributed by atoms with Crippen molar-refractivity contribution in [1.29, 1.82) is 0 Å². The van der Waals surface area contributed by atoms with E-state index in [-0.39, 0.29) is 11.3 Å². The number of carboxylic acids is 1. The highest BCUT2D eigenvalue weighted by atomic mass is 79.9. The Hall–Kier alpha value is -2.93. The van der Waals surface area contributed by atoms with Crippen molar-refractivity contribution in [1.82, 2.24) is 15.2 Å². The molecule has 3 fully saturated rings. The van der Waals surface area contributed by atoms with Crippen LogP contribution in [0, 0.1) is 0 Å². The van der Waals surface area contributed by atoms with E-state index in [4.69, 9.17) is 26.8 Å². The number of benzene rings is 2. The molecule has 0 unspecified atom stereocenters. The summed E-state index contributed by atoms with van der Waals surface area (Å²) in [5.74, 6) is -1.54. The molecule has 14 nitrogen and oxygen atoms in total. The van der Waals surface area contributed by atoms with Gasteiger partial charge in [-0.15, -0.1) is 11.8 Å². The second kappa shape index (κ2) is 13.9. The van der Waals surface area contributed by atoms with Gasteiger partial charge in [0.25, 0.3) is 0 Å². The number of aromatic amines is 1. The number of fused-ring (bicyclic) bond motifs is 2. The predicted octanol–water partition coefficient (Wildman–Crippen LogP) is 1.08. The van der Waals surface area contributed by atoms with Crippen molar-refractivity contribution < 1.29 is 49.4 Å². The summed E-state index contributed by atoms with van der Waals surface area (Å²) in [5.41, 5.74) is 7.31. The number of aliphatic hydroxyl groups excluding tert-OH is 4. The van der Waals surface area contributed by atoms with E-state index in [2.05, 4.69) is 26.2 Å². The Balaban J connectivity index is 0.000000185. The SMILES string of the molecule is CC1(C)S[C@@H]2[C@H](NC(=O)[C@H](N)c3ccccc3)C(=O)N2[C@H]1C(=O)O.OC[C@H]1O[C@@H](Oc2c[nH]c3ccc(Br)c(Cl)c23)[C@H](O)[C@@H](O)[C@H]1O. The largest absolute Gasteiger partial charge is 0.480 e. The number of halogens is 2. The van der Waals surface area contributed by atoms with Crippen LogP contribution in [0.2, 0.25) is 5.02 Å². The highest BCUT2D eigenvalue weighted by Crippen LogP contribution is 2.50. The van der Waals surface area contributed by atoms with Gasteiger partial charge >= 0.3 is 5.97 Å². The number of H-pyrrole nitrogens is 1. The molecule has 2 aromatic carbocycles. The summed E-state index contributed by atoms with van der Waals surface area (Å²) < 4.78 is 11.0. The quantitative estimate of drug-likeness (QED) is 0.159. The van der Waals surface area contributed by atoms with Gasteiger partial charge in [0.1, 0.15) is 53.7 Å². The zero-order valence-corrected chi connectivity index (χ0v) is 28.1. The average Bonchev–Trinajstić information content (AvgIpc) is 3.57. The van der Waals surface area contributed by atoms with E-state index >= 15 is 0 Å². The second-order valence-corrected chi connectivity index (χ2v) is 14.7. The van der Waals surface area contributed by atoms with Crippen molar-refractivity contribution in [3.05, 3.63) is 63.7 Å². The lowest BCUT2D eigenvalue weighted by atomic mass is 9.95. The van der Waals surface area contributed by atoms with Crippen molar-refractivity contribution in [3.63, 3.8) is 0 Å². The number of carbonyl (C=O) groups is 3. The Morgan fingerprint density at radius 2 is 1.85 bits per heavy atom. The van der Waals surface area contributed by atoms with E-state index in [1.807, 2.05) is 6.07 Å². The second-order valence-electron chi connectivity index (χ2n) is 11.7. The molecule has 3 aliphatic rings. The number of hydrogen-bond donors (Lipinski definition) is 8. The Labute approximate surface area is 286 Å². The third-order valence-corrected chi connectivity index (χ3v) is 11.1. The van der Waals surface area contributed by atoms with Crippen LogP contribution in [0.4, 0.5) is 0 Å². The highest BCUT2D eigenvalue weighted by Gasteiger charge is 2.64. The fourth-order valence-corrected chi connectivity index (χ4v) is 7.92. The van der Waals surface area contributed by atoms with Crippen LogP contribution in [0.1, 0.15) is 25.5 Å². The van der Waals surface area contributed by atoms with Crippen molar-refractivity contribution in [2.45, 2.75) is 72.8 Å². The lowest BCUT2D eigenvalue weighted by molar-refractivity contribution is -0.277. The average molecular weight is 758 g/mol. The van der Waals surface area contributed by atoms with Crippen molar-refractivity contribution >= 4 is 68.0 Å². The summed E-state index contributed by atoms with van der Waals surface area (Å²) in [6, 6.07) is 9.95. The Bertz CT molecular complexity index is 1650. The summed E-state index contributed by atoms with van der Waals surface area (Å²) in [6.07, 6.45) is -5.17. The van der Waals surface area contributed by atoms with E-state index in [0.717, 1.165) is 5.52 Å². The molecule has 1 aromatic heterocycles. The molecule has 2 amide bonds. The lowest BCUT2D eigenvalue weighted by Gasteiger charge is -2.43. The number of ether oxygens (including phenoxy) is 2. The van der Waals surface area contributed by atoms with E-state index < -0.39 is 72.1 Å². The number of aliphatic hydroxyl groups is 4. The maximum Gasteiger partial charge on any atom is 0.327 e. The Morgan fingerprint density at radius 1 is 1.17 bits per heavy atom. The number of aliphatic carboxylic acids is 1. The molecule has 9 N–H and O–H groups in total. The highest BCUT2D eigenvalue weighted by molar-refractivity contribution is 9.10. The normalized spacial score (nSPS) is 30.1. The fraction of sp³-hybridized carbons (Fsp3) is 0.433. The zero-order valence-electron chi connectivity index (χ0n) is 25.0. The van der Waals surface area contributed by atoms with Crippen molar-refractivity contribution in [2.75, 3.05) is 6.61 Å². The molecule has 0 saturated carbocycles. The summed E-state index contributed by atoms with van der Waals surface area (Å²) >= 11 is 11.0. The maximum absolute atomic E-state index is 12.3. The minimum atomic E-state index is -1.50. The summed E-state index contributed by atoms with van der Waals surface area (Å²) in [4.78, 5) is 40.4. The van der Waals surface area contributed by atoms with Gasteiger partial charge in [-0.1, -0.05) is 41.9 Å². The van der Waals surface area contributed by atoms with Crippen molar-refractivity contribution in [2.24, 2.45) is 5.73 Å². The third-order valence-electron chi connectivity index (χ3n) is 8.21. The standard InChI is InChI=1S/C16H19N3O4S.C14H15BrClNO6/c1-16(2)11(15(22)23)19-13(21)10(14(19)24-16)18-12(20)9(17)8-6-4-3-5-7-8;15-5-1-2-6-9(10(5)16)7(3-17-6)22-14-13(21)12(20)11(19)8(4-18)23-14/h3-7,9-11,14H,17H2,1-2H3,(H,18,20)(H,22,23);1-3,8,11-14,17-21H,4H2/t9-,10-,11+,14-;8-,11+,12+,13-,14-/m11/s1. The van der Waals surface area contributed by atoms with Gasteiger partial charge in [-0.05, 0) is 47.5 Å². The molecular formula is C30H34BrClN4O10S. The first-order valence-corrected chi connectivity index (χ1v) is 16.5. The first-order chi connectivity index (χ1) is 22.2. The van der Waals surface area contributed by atoms with Crippen LogP contribution >= 0.6 is 39.3 Å². The molecule has 0 bridgehead atoms. The number of thioether (sulfide) groups is 1. The topological polar surface area (TPSA) is 228 Å². The molecule has 3 aliphatic heterocycles. The van der Waals surface area contributed by atoms with E-state index in [0.29, 0.717) is 26.2 Å². The molecule has 4 heterocycles. The van der Waals surface area contributed by atoms with Gasteiger partial charge in [0.15, 0.2) is 0 Å². The van der Waals surface area contributed by atoms with Gasteiger partial charge in [-0.25, -0.2) is 4.79 Å². The number of aromatic nitrogens is 1. The molecular weight excluding hydrogens is 724 g/mol. The summed E-state index contributed by atoms with van der Waals surface area (Å²) in [5, 5.41) is 51.5. The van der Waals surface area contributed by atoms with Gasteiger partial charge in [0, 0.05) is 15.4 Å². The van der Waals surface area contributed by atoms with Crippen LogP contribution in [0.15, 0.2) is 53.1 Å². The lowest BCUT2D eigenvalue weighted by Crippen LogP contribution is -2.71. The van der Waals surface area contributed by atoms with Crippen LogP contribution in [0.5, 0.6) is 5.75 Å². The molecule has 3 saturated heterocycles. The maximum atomic E-state index is 12.3. The number of amides is 2. The van der Waals surface area contributed by atoms with Crippen LogP contribution in [0.3, 0.4) is 0 Å². The molecule has 0 aliphatic carbocycles. The fourth-order valence-electron chi connectivity index (χ4n) is 5.71. The number of hydrogen-bond acceptors (Lipinski definition) is 11. The first kappa shape index (κ1) is 35.4. The molecule has 3 aromatic rings. The van der Waals surface area contributed by atoms with E-state index in [1.54, 1.807) is 56.4 Å². The van der Waals surface area contributed by atoms with Gasteiger partial charge in [-0.2, -0.15) is 0 Å². The molecule has 0 radical (unpaired) electrons. The number of nitrogens with one attached hydrogen (secondary N) is 2. The van der Waals surface area contributed by atoms with Gasteiger partial charge in [-0.3, -0.25) is 9.59 Å². The molecule has 0 spiro atoms. The zero-order chi connectivity index (χ0) is 34.4. The van der Waals surface area contributed by atoms with Gasteiger partial charge < -0.3 is 55.9 Å². The van der Waals surface area contributed by atoms with Crippen molar-refractivity contribution in [3.8, 4) is 5.75 Å². The Morgan fingerprint density at radius 3 is 2.49 bits per heavy atom. The van der Waals surface area contributed by atoms with Gasteiger partial charge in [0.2, 0.25) is 18.1 Å². The smallest absolute Gasteiger partial charge is 0.327 e. The van der Waals surface area contributed by atoms with E-state index in [1.165, 1.54) is 16.7 Å². The van der Waals surface area contributed by atoms with Crippen LogP contribution < -0.4 is 15.8 Å². The van der Waals surface area contributed by atoms with Crippen LogP contribution in [-0.2, 0) is 19.1 Å². The Kier molecular flexibility index (Phi) is 10.5. The third kappa shape index (κ3) is 6.71. The van der Waals surface area contributed by atoms with Gasteiger partial charge in [0.05, 0.1) is 22.5 Å². The number of rotatable bonds is 7. The predicted molar refractivity (Wildman–Crippen MR) is 174 cm³/mol. The minimum Gasteiger partial charge on any atom is -0.480 e. The molecule has 17 heteroatoms. The van der Waals surface area contributed by atoms with Crippen LogP contribution in [0.25, 0.3) is 10.9 Å². The first-order valence-electron chi connectivity index (χ1n) is 14.4. The molecule has 254 valence electrons. The molecule has 9 atom stereocenters. The van der Waals surface area contributed by atoms with Crippen LogP contribution in [-0.4, -0.2) is 113 Å². The number of nitrogens with zero attached hydrogens (tertiary/aromatic N) is 1. The number of carboxylic acid groups (broad SMARTS) is 1. The van der Waals surface area contributed by atoms with E-state index in [9.17, 15) is 39.9 Å². The minimum absolute atomic E-state index is 0.315. The number of β-lactam (4-membered cyclic amide) rings is 1. The summed E-state index contributed by atoms with van der Waals surface area (Å²) in [6.45, 7) is 3.05. The molecule has 47 heavy (non-hydrogen) atoms. The number of nitrogens with two attached hydrogens (primary N) is 1. The number of carbonyl (C=O) groups excluding carboxylic acids is 2. The molecule has 6 rings (SSSR count). The summed E-state index contributed by atoms with van der Waals surface area (Å²) in [7, 11) is 0.